The summed E-state index contributed by atoms with van der Waals surface area (Å²) in [5, 5.41) is 2.30. The molecule has 128 valence electrons. The van der Waals surface area contributed by atoms with E-state index in [9.17, 15) is 4.79 Å². The highest BCUT2D eigenvalue weighted by Crippen LogP contribution is 2.54. The van der Waals surface area contributed by atoms with E-state index in [4.69, 9.17) is 4.74 Å². The third-order valence-corrected chi connectivity index (χ3v) is 4.71. The Morgan fingerprint density at radius 3 is 2.38 bits per heavy atom. The van der Waals surface area contributed by atoms with Crippen LogP contribution in [0.4, 0.5) is 0 Å². The van der Waals surface area contributed by atoms with Crippen LogP contribution in [0.5, 0.6) is 0 Å². The molecule has 1 fully saturated rings. The van der Waals surface area contributed by atoms with Crippen LogP contribution in [0.15, 0.2) is 60.7 Å². The maximum absolute atomic E-state index is 12.5. The molecular formula is C20H24ClNO2. The Morgan fingerprint density at radius 1 is 1.12 bits per heavy atom. The number of benzene rings is 2. The topological polar surface area (TPSA) is 42.9 Å². The second-order valence-corrected chi connectivity index (χ2v) is 6.17. The number of esters is 1. The van der Waals surface area contributed by atoms with Gasteiger partial charge >= 0.3 is 5.97 Å². The van der Waals surface area contributed by atoms with Gasteiger partial charge in [0.2, 0.25) is 0 Å². The molecule has 2 aromatic rings. The van der Waals surface area contributed by atoms with Gasteiger partial charge in [0, 0.05) is 11.5 Å². The molecule has 1 aliphatic carbocycles. The van der Waals surface area contributed by atoms with Crippen LogP contribution in [-0.4, -0.2) is 19.1 Å². The third kappa shape index (κ3) is 3.80. The van der Waals surface area contributed by atoms with E-state index in [1.165, 1.54) is 5.56 Å². The molecule has 1 aliphatic rings. The Hall–Kier alpha value is -1.84. The Kier molecular flexibility index (Phi) is 6.41. The number of carbonyl (C=O) groups is 1. The van der Waals surface area contributed by atoms with Gasteiger partial charge < -0.3 is 22.5 Å². The standard InChI is InChI=1S/C20H23NO2.ClH/c1-2-23-19(22)20(17-11-7-4-8-12-17)13-18(20)15-21-14-16-9-5-3-6-10-16;/h3-12,18,21H,2,13-15H2,1H3;1H/t18-,20+;/m1./s1. The van der Waals surface area contributed by atoms with E-state index in [0.717, 1.165) is 25.1 Å². The number of quaternary nitrogens is 1. The smallest absolute Gasteiger partial charge is 0.317 e. The summed E-state index contributed by atoms with van der Waals surface area (Å²) in [5.74, 6) is 0.289. The second kappa shape index (κ2) is 8.32. The zero-order valence-corrected chi connectivity index (χ0v) is 14.7. The number of halogens is 1. The van der Waals surface area contributed by atoms with Gasteiger partial charge in [0.05, 0.1) is 13.2 Å². The summed E-state index contributed by atoms with van der Waals surface area (Å²) < 4.78 is 5.37. The van der Waals surface area contributed by atoms with Crippen LogP contribution >= 0.6 is 0 Å². The number of rotatable bonds is 7. The molecule has 4 heteroatoms. The van der Waals surface area contributed by atoms with Crippen LogP contribution < -0.4 is 17.7 Å². The molecule has 2 N–H and O–H groups in total. The van der Waals surface area contributed by atoms with E-state index in [1.54, 1.807) is 0 Å². The highest BCUT2D eigenvalue weighted by Gasteiger charge is 2.63. The molecule has 0 heterocycles. The van der Waals surface area contributed by atoms with Gasteiger partial charge in [-0.25, -0.2) is 0 Å². The first-order chi connectivity index (χ1) is 11.3. The van der Waals surface area contributed by atoms with E-state index >= 15 is 0 Å². The minimum absolute atomic E-state index is 0. The largest absolute Gasteiger partial charge is 1.00 e. The Labute approximate surface area is 149 Å². The highest BCUT2D eigenvalue weighted by atomic mass is 35.5. The van der Waals surface area contributed by atoms with Crippen molar-refractivity contribution in [2.75, 3.05) is 13.2 Å². The van der Waals surface area contributed by atoms with Crippen molar-refractivity contribution >= 4 is 5.97 Å². The first-order valence-electron chi connectivity index (χ1n) is 8.35. The van der Waals surface area contributed by atoms with Crippen LogP contribution in [0.25, 0.3) is 0 Å². The third-order valence-electron chi connectivity index (χ3n) is 4.71. The highest BCUT2D eigenvalue weighted by molar-refractivity contribution is 5.87. The van der Waals surface area contributed by atoms with Crippen LogP contribution in [0.2, 0.25) is 0 Å². The normalized spacial score (nSPS) is 21.6. The average molecular weight is 346 g/mol. The molecule has 0 spiro atoms. The van der Waals surface area contributed by atoms with Crippen molar-refractivity contribution in [2.45, 2.75) is 25.3 Å². The lowest BCUT2D eigenvalue weighted by atomic mass is 9.93. The predicted molar refractivity (Wildman–Crippen MR) is 89.8 cm³/mol. The summed E-state index contributed by atoms with van der Waals surface area (Å²) in [7, 11) is 0. The van der Waals surface area contributed by atoms with Gasteiger partial charge in [-0.05, 0) is 18.9 Å². The maximum Gasteiger partial charge on any atom is 0.317 e. The molecular weight excluding hydrogens is 322 g/mol. The molecule has 0 unspecified atom stereocenters. The van der Waals surface area contributed by atoms with Gasteiger partial charge in [0.1, 0.15) is 12.0 Å². The fraction of sp³-hybridized carbons (Fsp3) is 0.350. The summed E-state index contributed by atoms with van der Waals surface area (Å²) in [4.78, 5) is 12.5. The summed E-state index contributed by atoms with van der Waals surface area (Å²) >= 11 is 0. The molecule has 3 nitrogen and oxygen atoms in total. The number of hydrogen-bond acceptors (Lipinski definition) is 2. The van der Waals surface area contributed by atoms with Crippen LogP contribution in [0.1, 0.15) is 24.5 Å². The number of hydrogen-bond donors (Lipinski definition) is 1. The minimum Gasteiger partial charge on any atom is -1.00 e. The zero-order chi connectivity index (χ0) is 16.1. The summed E-state index contributed by atoms with van der Waals surface area (Å²) in [6, 6.07) is 20.5. The number of ether oxygens (including phenoxy) is 1. The Morgan fingerprint density at radius 2 is 1.75 bits per heavy atom. The second-order valence-electron chi connectivity index (χ2n) is 6.17. The molecule has 2 atom stereocenters. The monoisotopic (exact) mass is 345 g/mol. The van der Waals surface area contributed by atoms with E-state index in [2.05, 4.69) is 29.6 Å². The summed E-state index contributed by atoms with van der Waals surface area (Å²) in [6.45, 7) is 4.21. The van der Waals surface area contributed by atoms with Crippen LogP contribution in [0, 0.1) is 5.92 Å². The quantitative estimate of drug-likeness (QED) is 0.673. The molecule has 0 amide bonds. The van der Waals surface area contributed by atoms with Gasteiger partial charge in [0.15, 0.2) is 0 Å². The molecule has 0 aliphatic heterocycles. The van der Waals surface area contributed by atoms with Gasteiger partial charge in [0.25, 0.3) is 0 Å². The van der Waals surface area contributed by atoms with Crippen molar-refractivity contribution in [1.29, 1.82) is 0 Å². The van der Waals surface area contributed by atoms with Gasteiger partial charge in [-0.3, -0.25) is 4.79 Å². The molecule has 0 bridgehead atoms. The van der Waals surface area contributed by atoms with E-state index in [0.29, 0.717) is 12.5 Å². The molecule has 0 radical (unpaired) electrons. The van der Waals surface area contributed by atoms with Crippen molar-refractivity contribution < 1.29 is 27.3 Å². The number of nitrogens with two attached hydrogens (primary N) is 1. The van der Waals surface area contributed by atoms with E-state index in [-0.39, 0.29) is 18.4 Å². The van der Waals surface area contributed by atoms with E-state index in [1.807, 2.05) is 43.3 Å². The summed E-state index contributed by atoms with van der Waals surface area (Å²) in [6.07, 6.45) is 0.890. The van der Waals surface area contributed by atoms with Crippen molar-refractivity contribution in [3.8, 4) is 0 Å². The average Bonchev–Trinajstić information content (AvgIpc) is 3.33. The van der Waals surface area contributed by atoms with Gasteiger partial charge in [-0.2, -0.15) is 0 Å². The fourth-order valence-electron chi connectivity index (χ4n) is 3.40. The van der Waals surface area contributed by atoms with Crippen molar-refractivity contribution in [3.63, 3.8) is 0 Å². The zero-order valence-electron chi connectivity index (χ0n) is 14.0. The minimum atomic E-state index is -0.426. The van der Waals surface area contributed by atoms with Crippen molar-refractivity contribution in [1.82, 2.24) is 0 Å². The van der Waals surface area contributed by atoms with Gasteiger partial charge in [-0.1, -0.05) is 60.7 Å². The molecule has 0 aromatic heterocycles. The number of carbonyl (C=O) groups excluding carboxylic acids is 1. The predicted octanol–water partition coefficient (Wildman–Crippen LogP) is -0.725. The molecule has 2 aromatic carbocycles. The van der Waals surface area contributed by atoms with Crippen LogP contribution in [-0.2, 0) is 21.5 Å². The molecule has 24 heavy (non-hydrogen) atoms. The van der Waals surface area contributed by atoms with Crippen molar-refractivity contribution in [2.24, 2.45) is 5.92 Å². The maximum atomic E-state index is 12.5. The molecule has 1 saturated carbocycles. The Bertz CT molecular complexity index is 647. The lowest BCUT2D eigenvalue weighted by Gasteiger charge is -2.16. The lowest BCUT2D eigenvalue weighted by molar-refractivity contribution is -0.673. The molecule has 0 saturated heterocycles. The fourth-order valence-corrected chi connectivity index (χ4v) is 3.40. The summed E-state index contributed by atoms with van der Waals surface area (Å²) in [5.41, 5.74) is 1.98. The molecule has 3 rings (SSSR count). The SMILES string of the molecule is CCOC(=O)[C@]1(c2ccccc2)C[C@@H]1C[NH2+]Cc1ccccc1.[Cl-]. The van der Waals surface area contributed by atoms with Crippen LogP contribution in [0.3, 0.4) is 0 Å². The van der Waals surface area contributed by atoms with Crippen molar-refractivity contribution in [3.05, 3.63) is 71.8 Å². The lowest BCUT2D eigenvalue weighted by Crippen LogP contribution is -3.00. The van der Waals surface area contributed by atoms with E-state index < -0.39 is 5.41 Å². The Balaban J connectivity index is 0.00000208. The van der Waals surface area contributed by atoms with Gasteiger partial charge in [-0.15, -0.1) is 0 Å². The first-order valence-corrected chi connectivity index (χ1v) is 8.35. The first kappa shape index (κ1) is 18.5.